The topological polar surface area (TPSA) is 45.3 Å². The predicted octanol–water partition coefficient (Wildman–Crippen LogP) is 2.90. The zero-order valence-corrected chi connectivity index (χ0v) is 14.9. The predicted molar refractivity (Wildman–Crippen MR) is 92.8 cm³/mol. The summed E-state index contributed by atoms with van der Waals surface area (Å²) in [4.78, 5) is 16.6. The van der Waals surface area contributed by atoms with E-state index in [9.17, 15) is 4.79 Å². The number of hydrogen-bond acceptors (Lipinski definition) is 4. The van der Waals surface area contributed by atoms with Crippen molar-refractivity contribution >= 4 is 6.09 Å². The lowest BCUT2D eigenvalue weighted by Gasteiger charge is -2.29. The van der Waals surface area contributed by atoms with Gasteiger partial charge in [0.1, 0.15) is 5.60 Å². The van der Waals surface area contributed by atoms with Crippen LogP contribution in [0.4, 0.5) is 4.79 Å². The minimum atomic E-state index is -0.444. The van der Waals surface area contributed by atoms with Crippen LogP contribution in [0.15, 0.2) is 30.3 Å². The number of carbonyl (C=O) groups excluding carboxylic acids is 1. The van der Waals surface area contributed by atoms with Gasteiger partial charge in [-0.3, -0.25) is 4.90 Å². The maximum Gasteiger partial charge on any atom is 0.410 e. The fourth-order valence-electron chi connectivity index (χ4n) is 3.13. The highest BCUT2D eigenvalue weighted by atomic mass is 16.6. The van der Waals surface area contributed by atoms with Crippen molar-refractivity contribution in [3.63, 3.8) is 0 Å². The van der Waals surface area contributed by atoms with Crippen LogP contribution in [0.2, 0.25) is 0 Å². The Morgan fingerprint density at radius 3 is 2.67 bits per heavy atom. The summed E-state index contributed by atoms with van der Waals surface area (Å²) in [6.45, 7) is 9.90. The van der Waals surface area contributed by atoms with E-state index >= 15 is 0 Å². The van der Waals surface area contributed by atoms with E-state index < -0.39 is 5.60 Å². The molecule has 2 aliphatic rings. The van der Waals surface area contributed by atoms with Crippen LogP contribution in [0.25, 0.3) is 0 Å². The molecule has 3 rings (SSSR count). The highest BCUT2D eigenvalue weighted by Gasteiger charge is 2.35. The smallest absolute Gasteiger partial charge is 0.410 e. The summed E-state index contributed by atoms with van der Waals surface area (Å²) in [5.41, 5.74) is 0.856. The lowest BCUT2D eigenvalue weighted by molar-refractivity contribution is 0.0278. The van der Waals surface area contributed by atoms with Gasteiger partial charge in [0, 0.05) is 32.2 Å². The minimum Gasteiger partial charge on any atom is -0.444 e. The van der Waals surface area contributed by atoms with Gasteiger partial charge in [-0.2, -0.15) is 0 Å². The molecule has 2 aliphatic heterocycles. The number of epoxide rings is 1. The molecule has 0 bridgehead atoms. The molecule has 5 nitrogen and oxygen atoms in total. The Bertz CT molecular complexity index is 551. The highest BCUT2D eigenvalue weighted by Crippen LogP contribution is 2.23. The number of rotatable bonds is 5. The number of carbonyl (C=O) groups is 1. The summed E-state index contributed by atoms with van der Waals surface area (Å²) in [5.74, 6) is 0. The van der Waals surface area contributed by atoms with Crippen molar-refractivity contribution in [1.29, 1.82) is 0 Å². The Labute approximate surface area is 144 Å². The molecule has 1 aromatic carbocycles. The van der Waals surface area contributed by atoms with Crippen LogP contribution in [0.5, 0.6) is 0 Å². The summed E-state index contributed by atoms with van der Waals surface area (Å²) in [5, 5.41) is 0. The first-order valence-corrected chi connectivity index (χ1v) is 8.78. The van der Waals surface area contributed by atoms with E-state index in [-0.39, 0.29) is 6.09 Å². The number of benzene rings is 1. The molecule has 0 saturated carbocycles. The molecule has 0 N–H and O–H groups in total. The van der Waals surface area contributed by atoms with Gasteiger partial charge in [-0.1, -0.05) is 30.3 Å². The van der Waals surface area contributed by atoms with Gasteiger partial charge in [-0.15, -0.1) is 0 Å². The first-order chi connectivity index (χ1) is 11.4. The van der Waals surface area contributed by atoms with E-state index in [1.807, 2.05) is 31.7 Å². The lowest BCUT2D eigenvalue weighted by Crippen LogP contribution is -2.41. The summed E-state index contributed by atoms with van der Waals surface area (Å²) >= 11 is 0. The van der Waals surface area contributed by atoms with E-state index in [4.69, 9.17) is 9.47 Å². The van der Waals surface area contributed by atoms with Crippen molar-refractivity contribution in [2.45, 2.75) is 51.5 Å². The molecule has 0 radical (unpaired) electrons. The third-order valence-electron chi connectivity index (χ3n) is 4.40. The van der Waals surface area contributed by atoms with Crippen LogP contribution in [0.1, 0.15) is 32.8 Å². The van der Waals surface area contributed by atoms with E-state index in [1.165, 1.54) is 5.56 Å². The van der Waals surface area contributed by atoms with Crippen molar-refractivity contribution in [1.82, 2.24) is 9.80 Å². The van der Waals surface area contributed by atoms with Crippen molar-refractivity contribution in [3.8, 4) is 0 Å². The molecule has 2 atom stereocenters. The van der Waals surface area contributed by atoms with Crippen LogP contribution in [0.3, 0.4) is 0 Å². The van der Waals surface area contributed by atoms with Crippen LogP contribution in [-0.4, -0.2) is 59.9 Å². The molecule has 5 heteroatoms. The SMILES string of the molecule is CC(C)(C)OC(=O)N1CC[C@@H](N(Cc2ccccc2)CC2CO2)C1. The van der Waals surface area contributed by atoms with Crippen molar-refractivity contribution in [2.75, 3.05) is 26.2 Å². The molecule has 0 aliphatic carbocycles. The molecule has 132 valence electrons. The fraction of sp³-hybridized carbons (Fsp3) is 0.632. The van der Waals surface area contributed by atoms with Crippen molar-refractivity contribution in [2.24, 2.45) is 0 Å². The maximum atomic E-state index is 12.3. The fourth-order valence-corrected chi connectivity index (χ4v) is 3.13. The van der Waals surface area contributed by atoms with E-state index in [2.05, 4.69) is 29.2 Å². The zero-order chi connectivity index (χ0) is 17.2. The maximum absolute atomic E-state index is 12.3. The van der Waals surface area contributed by atoms with Crippen LogP contribution in [-0.2, 0) is 16.0 Å². The molecular weight excluding hydrogens is 304 g/mol. The van der Waals surface area contributed by atoms with Gasteiger partial charge in [0.2, 0.25) is 0 Å². The van der Waals surface area contributed by atoms with Gasteiger partial charge in [0.05, 0.1) is 12.7 Å². The number of likely N-dealkylation sites (tertiary alicyclic amines) is 1. The normalized spacial score (nSPS) is 23.6. The summed E-state index contributed by atoms with van der Waals surface area (Å²) in [7, 11) is 0. The van der Waals surface area contributed by atoms with Gasteiger partial charge in [-0.05, 0) is 32.8 Å². The molecule has 2 saturated heterocycles. The van der Waals surface area contributed by atoms with Gasteiger partial charge < -0.3 is 14.4 Å². The molecule has 0 spiro atoms. The third-order valence-corrected chi connectivity index (χ3v) is 4.40. The Morgan fingerprint density at radius 1 is 1.33 bits per heavy atom. The van der Waals surface area contributed by atoms with Crippen LogP contribution >= 0.6 is 0 Å². The second kappa shape index (κ2) is 7.11. The van der Waals surface area contributed by atoms with Gasteiger partial charge >= 0.3 is 6.09 Å². The standard InChI is InChI=1S/C19H28N2O3/c1-19(2,3)24-18(22)20-10-9-16(12-20)21(13-17-14-23-17)11-15-7-5-4-6-8-15/h4-8,16-17H,9-14H2,1-3H3/t16-,17?/m1/s1. The molecular formula is C19H28N2O3. The summed E-state index contributed by atoms with van der Waals surface area (Å²) in [6, 6.07) is 10.9. The molecule has 1 unspecified atom stereocenters. The average Bonchev–Trinajstić information content (AvgIpc) is 3.19. The Balaban J connectivity index is 1.60. The Hall–Kier alpha value is -1.59. The van der Waals surface area contributed by atoms with E-state index in [1.54, 1.807) is 0 Å². The number of ether oxygens (including phenoxy) is 2. The summed E-state index contributed by atoms with van der Waals surface area (Å²) in [6.07, 6.45) is 1.13. The molecule has 2 fully saturated rings. The largest absolute Gasteiger partial charge is 0.444 e. The number of nitrogens with zero attached hydrogens (tertiary/aromatic N) is 2. The molecule has 0 aromatic heterocycles. The number of hydrogen-bond donors (Lipinski definition) is 0. The first kappa shape index (κ1) is 17.2. The molecule has 24 heavy (non-hydrogen) atoms. The molecule has 1 amide bonds. The second-order valence-corrected chi connectivity index (χ2v) is 7.74. The van der Waals surface area contributed by atoms with Crippen LogP contribution < -0.4 is 0 Å². The number of amides is 1. The lowest BCUT2D eigenvalue weighted by atomic mass is 10.1. The zero-order valence-electron chi connectivity index (χ0n) is 14.9. The Kier molecular flexibility index (Phi) is 5.11. The van der Waals surface area contributed by atoms with Gasteiger partial charge in [0.15, 0.2) is 0 Å². The monoisotopic (exact) mass is 332 g/mol. The summed E-state index contributed by atoms with van der Waals surface area (Å²) < 4.78 is 10.9. The van der Waals surface area contributed by atoms with Crippen molar-refractivity contribution < 1.29 is 14.3 Å². The van der Waals surface area contributed by atoms with E-state index in [0.29, 0.717) is 12.1 Å². The van der Waals surface area contributed by atoms with E-state index in [0.717, 1.165) is 39.2 Å². The minimum absolute atomic E-state index is 0.202. The first-order valence-electron chi connectivity index (χ1n) is 8.78. The average molecular weight is 332 g/mol. The third kappa shape index (κ3) is 4.95. The quantitative estimate of drug-likeness (QED) is 0.778. The second-order valence-electron chi connectivity index (χ2n) is 7.74. The van der Waals surface area contributed by atoms with Gasteiger partial charge in [0.25, 0.3) is 0 Å². The van der Waals surface area contributed by atoms with Crippen molar-refractivity contribution in [3.05, 3.63) is 35.9 Å². The van der Waals surface area contributed by atoms with Gasteiger partial charge in [-0.25, -0.2) is 4.79 Å². The highest BCUT2D eigenvalue weighted by molar-refractivity contribution is 5.68. The Morgan fingerprint density at radius 2 is 2.04 bits per heavy atom. The van der Waals surface area contributed by atoms with Crippen LogP contribution in [0, 0.1) is 0 Å². The molecule has 2 heterocycles. The molecule has 1 aromatic rings.